The predicted molar refractivity (Wildman–Crippen MR) is 106 cm³/mol. The van der Waals surface area contributed by atoms with Crippen LogP contribution in [0.3, 0.4) is 0 Å². The third kappa shape index (κ3) is 5.35. The first-order valence-electron chi connectivity index (χ1n) is 8.64. The van der Waals surface area contributed by atoms with E-state index in [1.165, 1.54) is 5.56 Å². The van der Waals surface area contributed by atoms with E-state index in [0.29, 0.717) is 13.1 Å². The Kier molecular flexibility index (Phi) is 6.45. The van der Waals surface area contributed by atoms with Gasteiger partial charge in [-0.3, -0.25) is 4.90 Å². The highest BCUT2D eigenvalue weighted by atomic mass is 79.9. The second-order valence-electron chi connectivity index (χ2n) is 8.03. The van der Waals surface area contributed by atoms with Gasteiger partial charge < -0.3 is 9.64 Å². The molecule has 2 rings (SSSR count). The van der Waals surface area contributed by atoms with Gasteiger partial charge in [0.2, 0.25) is 0 Å². The number of nitrogens with zero attached hydrogens (tertiary/aromatic N) is 2. The number of rotatable bonds is 3. The van der Waals surface area contributed by atoms with Crippen molar-refractivity contribution in [3.63, 3.8) is 0 Å². The van der Waals surface area contributed by atoms with Gasteiger partial charge in [0.05, 0.1) is 5.02 Å². The zero-order valence-corrected chi connectivity index (χ0v) is 18.1. The van der Waals surface area contributed by atoms with Crippen LogP contribution in [-0.2, 0) is 11.3 Å². The standard InChI is InChI=1S/C19H28BrClN2O2/c1-18(2,3)25-17(24)23-11-9-19(4,10-12-23)22(5)13-14-7-6-8-15(21)16(14)20/h6-8H,9-13H2,1-5H3. The fourth-order valence-corrected chi connectivity index (χ4v) is 3.58. The molecule has 1 aromatic rings. The minimum atomic E-state index is -0.451. The van der Waals surface area contributed by atoms with E-state index in [-0.39, 0.29) is 11.6 Å². The third-order valence-corrected chi connectivity index (χ3v) is 6.33. The highest BCUT2D eigenvalue weighted by Gasteiger charge is 2.36. The molecule has 1 aliphatic rings. The van der Waals surface area contributed by atoms with Crippen LogP contribution in [0.25, 0.3) is 0 Å². The van der Waals surface area contributed by atoms with E-state index >= 15 is 0 Å². The molecule has 0 radical (unpaired) electrons. The smallest absolute Gasteiger partial charge is 0.410 e. The molecule has 6 heteroatoms. The van der Waals surface area contributed by atoms with Gasteiger partial charge in [-0.15, -0.1) is 0 Å². The maximum absolute atomic E-state index is 12.2. The summed E-state index contributed by atoms with van der Waals surface area (Å²) >= 11 is 9.78. The fourth-order valence-electron chi connectivity index (χ4n) is 3.00. The first kappa shape index (κ1) is 20.5. The largest absolute Gasteiger partial charge is 0.444 e. The quantitative estimate of drug-likeness (QED) is 0.649. The lowest BCUT2D eigenvalue weighted by molar-refractivity contribution is 0.00169. The lowest BCUT2D eigenvalue weighted by Gasteiger charge is -2.45. The Bertz CT molecular complexity index is 622. The summed E-state index contributed by atoms with van der Waals surface area (Å²) in [6.07, 6.45) is 1.62. The van der Waals surface area contributed by atoms with Gasteiger partial charge in [-0.1, -0.05) is 23.7 Å². The maximum Gasteiger partial charge on any atom is 0.410 e. The number of likely N-dealkylation sites (tertiary alicyclic amines) is 1. The first-order valence-corrected chi connectivity index (χ1v) is 9.81. The highest BCUT2D eigenvalue weighted by molar-refractivity contribution is 9.10. The van der Waals surface area contributed by atoms with Crippen LogP contribution in [0.4, 0.5) is 4.79 Å². The van der Waals surface area contributed by atoms with Crippen molar-refractivity contribution >= 4 is 33.6 Å². The van der Waals surface area contributed by atoms with Crippen molar-refractivity contribution in [3.05, 3.63) is 33.3 Å². The van der Waals surface area contributed by atoms with Crippen LogP contribution < -0.4 is 0 Å². The lowest BCUT2D eigenvalue weighted by Crippen LogP contribution is -2.53. The van der Waals surface area contributed by atoms with Gasteiger partial charge in [-0.25, -0.2) is 4.79 Å². The van der Waals surface area contributed by atoms with Crippen molar-refractivity contribution in [2.24, 2.45) is 0 Å². The number of benzene rings is 1. The summed E-state index contributed by atoms with van der Waals surface area (Å²) in [5.41, 5.74) is 0.763. The molecule has 1 heterocycles. The van der Waals surface area contributed by atoms with Crippen LogP contribution in [0.5, 0.6) is 0 Å². The Morgan fingerprint density at radius 2 is 1.96 bits per heavy atom. The third-order valence-electron chi connectivity index (χ3n) is 4.85. The molecule has 0 atom stereocenters. The predicted octanol–water partition coefficient (Wildman–Crippen LogP) is 5.32. The van der Waals surface area contributed by atoms with Crippen molar-refractivity contribution in [2.75, 3.05) is 20.1 Å². The van der Waals surface area contributed by atoms with Crippen LogP contribution in [0.1, 0.15) is 46.1 Å². The molecule has 1 saturated heterocycles. The number of halogens is 2. The zero-order valence-electron chi connectivity index (χ0n) is 15.7. The Hall–Kier alpha value is -0.780. The van der Waals surface area contributed by atoms with Crippen molar-refractivity contribution in [3.8, 4) is 0 Å². The Morgan fingerprint density at radius 3 is 2.52 bits per heavy atom. The van der Waals surface area contributed by atoms with E-state index in [1.54, 1.807) is 0 Å². The van der Waals surface area contributed by atoms with Crippen molar-refractivity contribution in [1.29, 1.82) is 0 Å². The zero-order chi connectivity index (χ0) is 18.8. The number of amides is 1. The lowest BCUT2D eigenvalue weighted by atomic mass is 9.88. The van der Waals surface area contributed by atoms with Gasteiger partial charge in [-0.05, 0) is 75.1 Å². The second-order valence-corrected chi connectivity index (χ2v) is 9.23. The summed E-state index contributed by atoms with van der Waals surface area (Å²) in [6, 6.07) is 5.95. The van der Waals surface area contributed by atoms with E-state index in [2.05, 4.69) is 40.9 Å². The average molecular weight is 432 g/mol. The molecule has 1 aliphatic heterocycles. The maximum atomic E-state index is 12.2. The van der Waals surface area contributed by atoms with Crippen LogP contribution in [0.2, 0.25) is 5.02 Å². The van der Waals surface area contributed by atoms with E-state index in [1.807, 2.05) is 37.8 Å². The van der Waals surface area contributed by atoms with Crippen LogP contribution in [0, 0.1) is 0 Å². The summed E-state index contributed by atoms with van der Waals surface area (Å²) in [5, 5.41) is 0.732. The number of hydrogen-bond acceptors (Lipinski definition) is 3. The number of carbonyl (C=O) groups excluding carboxylic acids is 1. The first-order chi connectivity index (χ1) is 11.5. The van der Waals surface area contributed by atoms with Crippen LogP contribution >= 0.6 is 27.5 Å². The number of ether oxygens (including phenoxy) is 1. The van der Waals surface area contributed by atoms with E-state index < -0.39 is 5.60 Å². The molecule has 1 fully saturated rings. The molecular weight excluding hydrogens is 404 g/mol. The SMILES string of the molecule is CN(Cc1cccc(Cl)c1Br)C1(C)CCN(C(=O)OC(C)(C)C)CC1. The topological polar surface area (TPSA) is 32.8 Å². The fraction of sp³-hybridized carbons (Fsp3) is 0.632. The summed E-state index contributed by atoms with van der Waals surface area (Å²) in [6.45, 7) is 10.2. The molecule has 0 saturated carbocycles. The molecule has 1 amide bonds. The van der Waals surface area contributed by atoms with Crippen molar-refractivity contribution in [1.82, 2.24) is 9.80 Å². The minimum Gasteiger partial charge on any atom is -0.444 e. The van der Waals surface area contributed by atoms with Crippen LogP contribution in [0.15, 0.2) is 22.7 Å². The summed E-state index contributed by atoms with van der Waals surface area (Å²) in [4.78, 5) is 16.4. The molecule has 0 N–H and O–H groups in total. The Morgan fingerprint density at radius 1 is 1.36 bits per heavy atom. The van der Waals surface area contributed by atoms with Gasteiger partial charge in [0.25, 0.3) is 0 Å². The van der Waals surface area contributed by atoms with Gasteiger partial charge in [0, 0.05) is 29.6 Å². The molecule has 0 spiro atoms. The van der Waals surface area contributed by atoms with Crippen LogP contribution in [-0.4, -0.2) is 47.2 Å². The van der Waals surface area contributed by atoms with Gasteiger partial charge in [-0.2, -0.15) is 0 Å². The van der Waals surface area contributed by atoms with E-state index in [0.717, 1.165) is 28.9 Å². The molecule has 0 unspecified atom stereocenters. The molecule has 0 bridgehead atoms. The highest BCUT2D eigenvalue weighted by Crippen LogP contribution is 2.32. The molecule has 4 nitrogen and oxygen atoms in total. The van der Waals surface area contributed by atoms with Gasteiger partial charge >= 0.3 is 6.09 Å². The van der Waals surface area contributed by atoms with Crippen molar-refractivity contribution < 1.29 is 9.53 Å². The van der Waals surface area contributed by atoms with Crippen molar-refractivity contribution in [2.45, 2.75) is 58.2 Å². The van der Waals surface area contributed by atoms with Gasteiger partial charge in [0.15, 0.2) is 0 Å². The molecule has 0 aromatic heterocycles. The number of hydrogen-bond donors (Lipinski definition) is 0. The Labute approximate surface area is 164 Å². The number of piperidine rings is 1. The average Bonchev–Trinajstić information content (AvgIpc) is 2.50. The number of carbonyl (C=O) groups is 1. The minimum absolute atomic E-state index is 0.0419. The normalized spacial score (nSPS) is 17.7. The monoisotopic (exact) mass is 430 g/mol. The summed E-state index contributed by atoms with van der Waals surface area (Å²) < 4.78 is 6.44. The Balaban J connectivity index is 1.97. The molecular formula is C19H28BrClN2O2. The molecule has 1 aromatic carbocycles. The van der Waals surface area contributed by atoms with E-state index in [9.17, 15) is 4.79 Å². The van der Waals surface area contributed by atoms with E-state index in [4.69, 9.17) is 16.3 Å². The van der Waals surface area contributed by atoms with Gasteiger partial charge in [0.1, 0.15) is 5.60 Å². The summed E-state index contributed by atoms with van der Waals surface area (Å²) in [5.74, 6) is 0. The second kappa shape index (κ2) is 7.85. The molecule has 0 aliphatic carbocycles. The molecule has 25 heavy (non-hydrogen) atoms. The summed E-state index contributed by atoms with van der Waals surface area (Å²) in [7, 11) is 2.14. The molecule has 140 valence electrons.